The third-order valence-electron chi connectivity index (χ3n) is 3.04. The summed E-state index contributed by atoms with van der Waals surface area (Å²) in [4.78, 5) is 0. The maximum atomic E-state index is 5.27. The fourth-order valence-corrected chi connectivity index (χ4v) is 2.31. The first-order valence-corrected chi connectivity index (χ1v) is 4.61. The smallest absolute Gasteiger partial charge is 0.0647 e. The summed E-state index contributed by atoms with van der Waals surface area (Å²) in [5.74, 6) is 0.921. The predicted octanol–water partition coefficient (Wildman–Crippen LogP) is 1.17. The quantitative estimate of drug-likeness (QED) is 0.660. The summed E-state index contributed by atoms with van der Waals surface area (Å²) in [6.07, 6.45) is 5.48. The zero-order chi connectivity index (χ0) is 7.73. The van der Waals surface area contributed by atoms with Crippen molar-refractivity contribution >= 4 is 0 Å². The van der Waals surface area contributed by atoms with Gasteiger partial charge in [0.15, 0.2) is 0 Å². The molecule has 64 valence electrons. The van der Waals surface area contributed by atoms with E-state index in [0.29, 0.717) is 5.54 Å². The number of hydrogen-bond acceptors (Lipinski definition) is 2. The Morgan fingerprint density at radius 1 is 1.55 bits per heavy atom. The summed E-state index contributed by atoms with van der Waals surface area (Å²) in [6, 6.07) is 0. The lowest BCUT2D eigenvalue weighted by Gasteiger charge is -2.28. The number of hydrogen-bond donors (Lipinski definition) is 1. The van der Waals surface area contributed by atoms with Crippen LogP contribution in [0.4, 0.5) is 0 Å². The van der Waals surface area contributed by atoms with Crippen LogP contribution in [0, 0.1) is 5.92 Å². The lowest BCUT2D eigenvalue weighted by Crippen LogP contribution is -2.46. The van der Waals surface area contributed by atoms with Crippen LogP contribution in [0.2, 0.25) is 0 Å². The highest BCUT2D eigenvalue weighted by Gasteiger charge is 2.46. The molecule has 2 fully saturated rings. The van der Waals surface area contributed by atoms with Crippen LogP contribution < -0.4 is 5.32 Å². The van der Waals surface area contributed by atoms with E-state index in [2.05, 4.69) is 5.32 Å². The minimum Gasteiger partial charge on any atom is -0.383 e. The molecule has 1 atom stereocenters. The molecule has 0 aromatic rings. The van der Waals surface area contributed by atoms with Gasteiger partial charge < -0.3 is 10.1 Å². The van der Waals surface area contributed by atoms with Crippen LogP contribution in [0.5, 0.6) is 0 Å². The molecule has 0 bridgehead atoms. The van der Waals surface area contributed by atoms with Crippen molar-refractivity contribution < 1.29 is 4.74 Å². The molecule has 0 radical (unpaired) electrons. The van der Waals surface area contributed by atoms with Gasteiger partial charge in [-0.25, -0.2) is 0 Å². The standard InChI is InChI=1S/C9H17NO/c1-11-7-9(8-3-4-8)5-2-6-10-9/h8,10H,2-7H2,1H3/t9-/m1/s1. The first-order chi connectivity index (χ1) is 5.37. The molecule has 0 spiro atoms. The maximum absolute atomic E-state index is 5.27. The van der Waals surface area contributed by atoms with Crippen molar-refractivity contribution in [3.8, 4) is 0 Å². The van der Waals surface area contributed by atoms with Crippen LogP contribution in [0.1, 0.15) is 25.7 Å². The van der Waals surface area contributed by atoms with E-state index in [9.17, 15) is 0 Å². The van der Waals surface area contributed by atoms with Gasteiger partial charge in [0.25, 0.3) is 0 Å². The third-order valence-corrected chi connectivity index (χ3v) is 3.04. The van der Waals surface area contributed by atoms with Crippen molar-refractivity contribution in [2.24, 2.45) is 5.92 Å². The molecule has 1 saturated carbocycles. The fourth-order valence-electron chi connectivity index (χ4n) is 2.31. The average molecular weight is 155 g/mol. The van der Waals surface area contributed by atoms with Gasteiger partial charge in [-0.1, -0.05) is 0 Å². The number of rotatable bonds is 3. The monoisotopic (exact) mass is 155 g/mol. The lowest BCUT2D eigenvalue weighted by molar-refractivity contribution is 0.107. The molecule has 11 heavy (non-hydrogen) atoms. The van der Waals surface area contributed by atoms with Crippen molar-refractivity contribution in [2.75, 3.05) is 20.3 Å². The van der Waals surface area contributed by atoms with Gasteiger partial charge in [0.1, 0.15) is 0 Å². The van der Waals surface area contributed by atoms with Crippen LogP contribution in [-0.2, 0) is 4.74 Å². The molecular formula is C9H17NO. The van der Waals surface area contributed by atoms with Crippen molar-refractivity contribution in [3.63, 3.8) is 0 Å². The minimum atomic E-state index is 0.384. The first-order valence-electron chi connectivity index (χ1n) is 4.61. The Labute approximate surface area is 68.3 Å². The Kier molecular flexibility index (Phi) is 1.90. The van der Waals surface area contributed by atoms with Gasteiger partial charge in [-0.05, 0) is 38.1 Å². The first kappa shape index (κ1) is 7.56. The summed E-state index contributed by atoms with van der Waals surface area (Å²) in [5, 5.41) is 3.61. The summed E-state index contributed by atoms with van der Waals surface area (Å²) >= 11 is 0. The Hall–Kier alpha value is -0.0800. The molecule has 0 aromatic heterocycles. The molecule has 1 heterocycles. The van der Waals surface area contributed by atoms with Gasteiger partial charge in [0.05, 0.1) is 6.61 Å². The van der Waals surface area contributed by atoms with Crippen LogP contribution in [0.15, 0.2) is 0 Å². The number of ether oxygens (including phenoxy) is 1. The molecule has 0 amide bonds. The number of methoxy groups -OCH3 is 1. The van der Waals surface area contributed by atoms with Crippen LogP contribution in [0.3, 0.4) is 0 Å². The molecule has 0 aromatic carbocycles. The number of nitrogens with one attached hydrogen (secondary N) is 1. The molecule has 2 heteroatoms. The largest absolute Gasteiger partial charge is 0.383 e. The van der Waals surface area contributed by atoms with E-state index >= 15 is 0 Å². The molecule has 1 aliphatic heterocycles. The summed E-state index contributed by atoms with van der Waals surface area (Å²) in [5.41, 5.74) is 0.384. The highest BCUT2D eigenvalue weighted by atomic mass is 16.5. The molecule has 1 N–H and O–H groups in total. The normalized spacial score (nSPS) is 37.9. The lowest BCUT2D eigenvalue weighted by atomic mass is 9.92. The maximum Gasteiger partial charge on any atom is 0.0647 e. The second-order valence-corrected chi connectivity index (χ2v) is 3.89. The summed E-state index contributed by atoms with van der Waals surface area (Å²) in [6.45, 7) is 2.11. The molecule has 2 aliphatic rings. The average Bonchev–Trinajstić information content (AvgIpc) is 2.76. The summed E-state index contributed by atoms with van der Waals surface area (Å²) < 4.78 is 5.27. The van der Waals surface area contributed by atoms with Gasteiger partial charge in [-0.2, -0.15) is 0 Å². The van der Waals surface area contributed by atoms with Crippen molar-refractivity contribution in [2.45, 2.75) is 31.2 Å². The van der Waals surface area contributed by atoms with Crippen LogP contribution in [0.25, 0.3) is 0 Å². The highest BCUT2D eigenvalue weighted by Crippen LogP contribution is 2.44. The van der Waals surface area contributed by atoms with E-state index in [1.807, 2.05) is 7.11 Å². The molecule has 0 unspecified atom stereocenters. The van der Waals surface area contributed by atoms with E-state index in [4.69, 9.17) is 4.74 Å². The third kappa shape index (κ3) is 1.30. The molecular weight excluding hydrogens is 138 g/mol. The van der Waals surface area contributed by atoms with E-state index in [0.717, 1.165) is 12.5 Å². The molecule has 2 nitrogen and oxygen atoms in total. The zero-order valence-electron chi connectivity index (χ0n) is 7.23. The van der Waals surface area contributed by atoms with Crippen LogP contribution in [-0.4, -0.2) is 25.8 Å². The molecule has 2 rings (SSSR count). The highest BCUT2D eigenvalue weighted by molar-refractivity contribution is 5.03. The van der Waals surface area contributed by atoms with Gasteiger partial charge in [-0.15, -0.1) is 0 Å². The van der Waals surface area contributed by atoms with Gasteiger partial charge in [0, 0.05) is 12.6 Å². The zero-order valence-corrected chi connectivity index (χ0v) is 7.23. The van der Waals surface area contributed by atoms with Crippen molar-refractivity contribution in [3.05, 3.63) is 0 Å². The van der Waals surface area contributed by atoms with Gasteiger partial charge in [0.2, 0.25) is 0 Å². The van der Waals surface area contributed by atoms with E-state index in [1.165, 1.54) is 32.2 Å². The van der Waals surface area contributed by atoms with E-state index < -0.39 is 0 Å². The second kappa shape index (κ2) is 2.76. The Morgan fingerprint density at radius 3 is 2.82 bits per heavy atom. The fraction of sp³-hybridized carbons (Fsp3) is 1.00. The van der Waals surface area contributed by atoms with E-state index in [-0.39, 0.29) is 0 Å². The predicted molar refractivity (Wildman–Crippen MR) is 44.6 cm³/mol. The molecule has 1 saturated heterocycles. The Balaban J connectivity index is 1.99. The molecule has 1 aliphatic carbocycles. The van der Waals surface area contributed by atoms with E-state index in [1.54, 1.807) is 0 Å². The Bertz CT molecular complexity index is 136. The van der Waals surface area contributed by atoms with Gasteiger partial charge in [-0.3, -0.25) is 0 Å². The SMILES string of the molecule is COC[C@@]1(C2CC2)CCCN1. The van der Waals surface area contributed by atoms with Crippen molar-refractivity contribution in [1.82, 2.24) is 5.32 Å². The summed E-state index contributed by atoms with van der Waals surface area (Å²) in [7, 11) is 1.81. The minimum absolute atomic E-state index is 0.384. The second-order valence-electron chi connectivity index (χ2n) is 3.89. The topological polar surface area (TPSA) is 21.3 Å². The Morgan fingerprint density at radius 2 is 2.36 bits per heavy atom. The van der Waals surface area contributed by atoms with Crippen molar-refractivity contribution in [1.29, 1.82) is 0 Å². The van der Waals surface area contributed by atoms with Crippen LogP contribution >= 0.6 is 0 Å². The van der Waals surface area contributed by atoms with Gasteiger partial charge >= 0.3 is 0 Å².